The van der Waals surface area contributed by atoms with Gasteiger partial charge in [0.25, 0.3) is 0 Å². The lowest BCUT2D eigenvalue weighted by Gasteiger charge is -2.19. The van der Waals surface area contributed by atoms with Gasteiger partial charge in [0.15, 0.2) is 5.96 Å². The van der Waals surface area contributed by atoms with Gasteiger partial charge in [-0.3, -0.25) is 9.98 Å². The second-order valence-corrected chi connectivity index (χ2v) is 7.79. The minimum Gasteiger partial charge on any atom is -0.487 e. The molecule has 1 heterocycles. The normalized spacial score (nSPS) is 14.2. The van der Waals surface area contributed by atoms with Gasteiger partial charge in [-0.1, -0.05) is 36.4 Å². The Balaban J connectivity index is 0.00000289. The molecule has 3 aromatic rings. The first-order valence-electron chi connectivity index (χ1n) is 10.5. The van der Waals surface area contributed by atoms with Crippen LogP contribution in [-0.4, -0.2) is 24.5 Å². The van der Waals surface area contributed by atoms with Gasteiger partial charge in [0, 0.05) is 31.7 Å². The molecule has 0 saturated heterocycles. The van der Waals surface area contributed by atoms with E-state index in [0.29, 0.717) is 25.7 Å². The molecule has 0 aliphatic heterocycles. The smallest absolute Gasteiger partial charge is 0.191 e. The maximum atomic E-state index is 14.2. The van der Waals surface area contributed by atoms with E-state index in [-0.39, 0.29) is 35.2 Å². The highest BCUT2D eigenvalue weighted by Gasteiger charge is 2.45. The largest absolute Gasteiger partial charge is 0.487 e. The highest BCUT2D eigenvalue weighted by Crippen LogP contribution is 2.48. The standard InChI is InChI=1S/C25H27FN4O.HI/c1-27-24(30-18-25(13-14-25)22-7-2-3-8-23(22)26)29-16-19-9-11-21(12-10-19)31-17-20-6-4-5-15-28-20;/h2-12,15H,13-14,16-18H2,1H3,(H2,27,29,30);1H. The molecule has 2 aromatic carbocycles. The van der Waals surface area contributed by atoms with Crippen molar-refractivity contribution in [3.63, 3.8) is 0 Å². The molecule has 0 radical (unpaired) electrons. The quantitative estimate of drug-likeness (QED) is 0.242. The van der Waals surface area contributed by atoms with Crippen LogP contribution < -0.4 is 15.4 Å². The van der Waals surface area contributed by atoms with Crippen LogP contribution in [0.15, 0.2) is 77.9 Å². The topological polar surface area (TPSA) is 58.5 Å². The molecule has 1 aliphatic rings. The van der Waals surface area contributed by atoms with Gasteiger partial charge in [-0.2, -0.15) is 0 Å². The van der Waals surface area contributed by atoms with Crippen molar-refractivity contribution in [2.24, 2.45) is 4.99 Å². The minimum atomic E-state index is -0.130. The fourth-order valence-corrected chi connectivity index (χ4v) is 3.59. The average molecular weight is 546 g/mol. The summed E-state index contributed by atoms with van der Waals surface area (Å²) in [6.07, 6.45) is 3.73. The third-order valence-electron chi connectivity index (χ3n) is 5.61. The first-order valence-corrected chi connectivity index (χ1v) is 10.5. The van der Waals surface area contributed by atoms with E-state index in [4.69, 9.17) is 4.74 Å². The van der Waals surface area contributed by atoms with E-state index in [1.54, 1.807) is 19.3 Å². The molecule has 32 heavy (non-hydrogen) atoms. The summed E-state index contributed by atoms with van der Waals surface area (Å²) in [5.74, 6) is 1.38. The number of hydrogen-bond acceptors (Lipinski definition) is 3. The first-order chi connectivity index (χ1) is 15.2. The molecular formula is C25H28FIN4O. The molecule has 4 rings (SSSR count). The van der Waals surface area contributed by atoms with Crippen molar-refractivity contribution in [1.29, 1.82) is 0 Å². The van der Waals surface area contributed by atoms with Gasteiger partial charge in [-0.05, 0) is 54.3 Å². The SMILES string of the molecule is CN=C(NCc1ccc(OCc2ccccn2)cc1)NCC1(c2ccccc2F)CC1.I. The van der Waals surface area contributed by atoms with Crippen LogP contribution in [0.2, 0.25) is 0 Å². The zero-order chi connectivity index (χ0) is 21.5. The Morgan fingerprint density at radius 2 is 1.78 bits per heavy atom. The van der Waals surface area contributed by atoms with Crippen LogP contribution in [0.4, 0.5) is 4.39 Å². The fraction of sp³-hybridized carbons (Fsp3) is 0.280. The summed E-state index contributed by atoms with van der Waals surface area (Å²) in [6, 6.07) is 20.8. The number of aromatic nitrogens is 1. The summed E-state index contributed by atoms with van der Waals surface area (Å²) < 4.78 is 20.0. The summed E-state index contributed by atoms with van der Waals surface area (Å²) >= 11 is 0. The van der Waals surface area contributed by atoms with Gasteiger partial charge in [0.1, 0.15) is 18.2 Å². The van der Waals surface area contributed by atoms with E-state index in [1.165, 1.54) is 6.07 Å². The van der Waals surface area contributed by atoms with Gasteiger partial charge in [-0.25, -0.2) is 4.39 Å². The highest BCUT2D eigenvalue weighted by atomic mass is 127. The van der Waals surface area contributed by atoms with Gasteiger partial charge >= 0.3 is 0 Å². The van der Waals surface area contributed by atoms with E-state index in [1.807, 2.05) is 54.6 Å². The van der Waals surface area contributed by atoms with Crippen molar-refractivity contribution in [1.82, 2.24) is 15.6 Å². The van der Waals surface area contributed by atoms with Crippen molar-refractivity contribution in [3.8, 4) is 5.75 Å². The number of pyridine rings is 1. The van der Waals surface area contributed by atoms with Crippen LogP contribution in [0.1, 0.15) is 29.7 Å². The monoisotopic (exact) mass is 546 g/mol. The van der Waals surface area contributed by atoms with Crippen LogP contribution in [0.3, 0.4) is 0 Å². The second kappa shape index (κ2) is 11.3. The van der Waals surface area contributed by atoms with Crippen molar-refractivity contribution < 1.29 is 9.13 Å². The number of ether oxygens (including phenoxy) is 1. The lowest BCUT2D eigenvalue weighted by molar-refractivity contribution is 0.301. The molecule has 0 bridgehead atoms. The van der Waals surface area contributed by atoms with E-state index < -0.39 is 0 Å². The lowest BCUT2D eigenvalue weighted by Crippen LogP contribution is -2.41. The Morgan fingerprint density at radius 3 is 2.44 bits per heavy atom. The number of halogens is 2. The third kappa shape index (κ3) is 6.18. The molecule has 0 unspecified atom stereocenters. The second-order valence-electron chi connectivity index (χ2n) is 7.79. The molecule has 7 heteroatoms. The van der Waals surface area contributed by atoms with Crippen LogP contribution >= 0.6 is 24.0 Å². The van der Waals surface area contributed by atoms with E-state index >= 15 is 0 Å². The highest BCUT2D eigenvalue weighted by molar-refractivity contribution is 14.0. The summed E-state index contributed by atoms with van der Waals surface area (Å²) in [7, 11) is 1.74. The minimum absolute atomic E-state index is 0. The van der Waals surface area contributed by atoms with Crippen molar-refractivity contribution in [2.75, 3.05) is 13.6 Å². The third-order valence-corrected chi connectivity index (χ3v) is 5.61. The van der Waals surface area contributed by atoms with Crippen molar-refractivity contribution in [3.05, 3.63) is 95.6 Å². The number of rotatable bonds is 8. The molecule has 0 spiro atoms. The van der Waals surface area contributed by atoms with E-state index in [0.717, 1.165) is 35.4 Å². The zero-order valence-corrected chi connectivity index (χ0v) is 20.4. The Labute approximate surface area is 205 Å². The Hall–Kier alpha value is -2.68. The molecule has 1 aromatic heterocycles. The molecule has 2 N–H and O–H groups in total. The maximum absolute atomic E-state index is 14.2. The van der Waals surface area contributed by atoms with E-state index in [2.05, 4.69) is 20.6 Å². The van der Waals surface area contributed by atoms with Crippen LogP contribution in [0.25, 0.3) is 0 Å². The number of nitrogens with zero attached hydrogens (tertiary/aromatic N) is 2. The predicted octanol–water partition coefficient (Wildman–Crippen LogP) is 4.81. The van der Waals surface area contributed by atoms with E-state index in [9.17, 15) is 4.39 Å². The number of hydrogen-bond donors (Lipinski definition) is 2. The van der Waals surface area contributed by atoms with Gasteiger partial charge in [0.05, 0.1) is 5.69 Å². The zero-order valence-electron chi connectivity index (χ0n) is 18.1. The van der Waals surface area contributed by atoms with Crippen LogP contribution in [0, 0.1) is 5.82 Å². The number of aliphatic imine (C=N–C) groups is 1. The summed E-state index contributed by atoms with van der Waals surface area (Å²) in [5.41, 5.74) is 2.67. The number of nitrogens with one attached hydrogen (secondary N) is 2. The Bertz CT molecular complexity index is 1020. The van der Waals surface area contributed by atoms with Gasteiger partial charge < -0.3 is 15.4 Å². The first kappa shape index (κ1) is 24.0. The van der Waals surface area contributed by atoms with Crippen molar-refractivity contribution >= 4 is 29.9 Å². The lowest BCUT2D eigenvalue weighted by atomic mass is 9.95. The molecule has 1 aliphatic carbocycles. The molecule has 0 atom stereocenters. The number of guanidine groups is 1. The molecule has 1 saturated carbocycles. The fourth-order valence-electron chi connectivity index (χ4n) is 3.59. The Morgan fingerprint density at radius 1 is 1.03 bits per heavy atom. The molecule has 5 nitrogen and oxygen atoms in total. The van der Waals surface area contributed by atoms with Crippen LogP contribution in [0.5, 0.6) is 5.75 Å². The molecular weight excluding hydrogens is 518 g/mol. The summed E-state index contributed by atoms with van der Waals surface area (Å²) in [6.45, 7) is 1.74. The van der Waals surface area contributed by atoms with Gasteiger partial charge in [-0.15, -0.1) is 24.0 Å². The predicted molar refractivity (Wildman–Crippen MR) is 136 cm³/mol. The Kier molecular flexibility index (Phi) is 8.44. The van der Waals surface area contributed by atoms with Gasteiger partial charge in [0.2, 0.25) is 0 Å². The molecule has 1 fully saturated rings. The molecule has 168 valence electrons. The van der Waals surface area contributed by atoms with Crippen LogP contribution in [-0.2, 0) is 18.6 Å². The van der Waals surface area contributed by atoms with Crippen molar-refractivity contribution in [2.45, 2.75) is 31.4 Å². The molecule has 0 amide bonds. The summed E-state index contributed by atoms with van der Waals surface area (Å²) in [4.78, 5) is 8.56. The summed E-state index contributed by atoms with van der Waals surface area (Å²) in [5, 5.41) is 6.68. The average Bonchev–Trinajstić information content (AvgIpc) is 3.60. The maximum Gasteiger partial charge on any atom is 0.191 e. The number of benzene rings is 2.